The predicted molar refractivity (Wildman–Crippen MR) is 71.7 cm³/mol. The number of halogens is 1. The number of carbonyl (C=O) groups is 2. The number of rotatable bonds is 5. The molecule has 21 heavy (non-hydrogen) atoms. The van der Waals surface area contributed by atoms with E-state index in [2.05, 4.69) is 10.3 Å². The van der Waals surface area contributed by atoms with Gasteiger partial charge in [-0.2, -0.15) is 4.39 Å². The van der Waals surface area contributed by atoms with Gasteiger partial charge in [0.05, 0.1) is 5.56 Å². The van der Waals surface area contributed by atoms with Gasteiger partial charge in [-0.1, -0.05) is 6.07 Å². The quantitative estimate of drug-likeness (QED) is 0.821. The van der Waals surface area contributed by atoms with E-state index in [0.717, 1.165) is 0 Å². The van der Waals surface area contributed by atoms with E-state index in [1.165, 1.54) is 24.4 Å². The Bertz CT molecular complexity index is 676. The summed E-state index contributed by atoms with van der Waals surface area (Å²) in [6.07, 6.45) is 1.24. The van der Waals surface area contributed by atoms with Crippen LogP contribution in [-0.4, -0.2) is 28.6 Å². The second-order valence-electron chi connectivity index (χ2n) is 4.01. The summed E-state index contributed by atoms with van der Waals surface area (Å²) in [5, 5.41) is 11.0. The summed E-state index contributed by atoms with van der Waals surface area (Å²) in [4.78, 5) is 25.7. The van der Waals surface area contributed by atoms with Gasteiger partial charge in [-0.25, -0.2) is 9.78 Å². The summed E-state index contributed by atoms with van der Waals surface area (Å²) < 4.78 is 18.4. The molecule has 0 aliphatic rings. The molecule has 0 radical (unpaired) electrons. The molecule has 0 aliphatic heterocycles. The molecule has 2 rings (SSSR count). The predicted octanol–water partition coefficient (Wildman–Crippen LogP) is 1.94. The monoisotopic (exact) mass is 290 g/mol. The van der Waals surface area contributed by atoms with Crippen LogP contribution in [0.15, 0.2) is 42.6 Å². The zero-order valence-electron chi connectivity index (χ0n) is 10.7. The standard InChI is InChI=1S/C14H11FN2O4/c15-13-11(5-2-6-16-13)14(20)17-9-3-1-4-10(7-9)21-8-12(18)19/h1-7H,8H2,(H,17,20)(H,18,19). The summed E-state index contributed by atoms with van der Waals surface area (Å²) in [7, 11) is 0. The van der Waals surface area contributed by atoms with Gasteiger partial charge in [0.1, 0.15) is 5.75 Å². The number of carboxylic acids is 1. The molecular formula is C14H11FN2O4. The Labute approximate surface area is 119 Å². The molecule has 0 saturated heterocycles. The van der Waals surface area contributed by atoms with Crippen LogP contribution < -0.4 is 10.1 Å². The Morgan fingerprint density at radius 3 is 2.81 bits per heavy atom. The smallest absolute Gasteiger partial charge is 0.341 e. The van der Waals surface area contributed by atoms with Crippen molar-refractivity contribution in [3.05, 3.63) is 54.1 Å². The SMILES string of the molecule is O=C(O)COc1cccc(NC(=O)c2cccnc2F)c1. The molecule has 2 N–H and O–H groups in total. The van der Waals surface area contributed by atoms with Gasteiger partial charge in [0.15, 0.2) is 6.61 Å². The Kier molecular flexibility index (Phi) is 4.45. The average Bonchev–Trinajstić information content (AvgIpc) is 2.46. The maximum absolute atomic E-state index is 13.4. The van der Waals surface area contributed by atoms with Crippen molar-refractivity contribution in [3.8, 4) is 5.75 Å². The van der Waals surface area contributed by atoms with Crippen LogP contribution in [0.3, 0.4) is 0 Å². The topological polar surface area (TPSA) is 88.5 Å². The van der Waals surface area contributed by atoms with E-state index in [0.29, 0.717) is 5.69 Å². The number of ether oxygens (including phenoxy) is 1. The first-order chi connectivity index (χ1) is 10.1. The third-order valence-corrected chi connectivity index (χ3v) is 2.46. The number of benzene rings is 1. The number of anilines is 1. The summed E-state index contributed by atoms with van der Waals surface area (Å²) in [6, 6.07) is 8.89. The lowest BCUT2D eigenvalue weighted by Crippen LogP contribution is -2.14. The number of aromatic nitrogens is 1. The second-order valence-corrected chi connectivity index (χ2v) is 4.01. The number of pyridine rings is 1. The Morgan fingerprint density at radius 2 is 2.10 bits per heavy atom. The largest absolute Gasteiger partial charge is 0.482 e. The van der Waals surface area contributed by atoms with Gasteiger partial charge in [-0.3, -0.25) is 4.79 Å². The minimum absolute atomic E-state index is 0.186. The van der Waals surface area contributed by atoms with Gasteiger partial charge >= 0.3 is 5.97 Å². The minimum Gasteiger partial charge on any atom is -0.482 e. The Hall–Kier alpha value is -2.96. The zero-order chi connectivity index (χ0) is 15.2. The fraction of sp³-hybridized carbons (Fsp3) is 0.0714. The molecule has 1 amide bonds. The lowest BCUT2D eigenvalue weighted by molar-refractivity contribution is -0.139. The molecule has 0 atom stereocenters. The Balaban J connectivity index is 2.09. The third-order valence-electron chi connectivity index (χ3n) is 2.46. The number of aliphatic carboxylic acids is 1. The van der Waals surface area contributed by atoms with Crippen LogP contribution in [0, 0.1) is 5.95 Å². The molecule has 0 fully saturated rings. The van der Waals surface area contributed by atoms with Crippen LogP contribution in [0.5, 0.6) is 5.75 Å². The molecule has 0 aliphatic carbocycles. The molecule has 1 aromatic carbocycles. The number of nitrogens with one attached hydrogen (secondary N) is 1. The highest BCUT2D eigenvalue weighted by Crippen LogP contribution is 2.18. The van der Waals surface area contributed by atoms with Gasteiger partial charge in [0, 0.05) is 18.0 Å². The third kappa shape index (κ3) is 4.00. The van der Waals surface area contributed by atoms with Gasteiger partial charge in [0.2, 0.25) is 5.95 Å². The molecule has 0 unspecified atom stereocenters. The van der Waals surface area contributed by atoms with E-state index in [4.69, 9.17) is 9.84 Å². The minimum atomic E-state index is -1.11. The molecule has 1 aromatic heterocycles. The molecule has 0 saturated carbocycles. The van der Waals surface area contributed by atoms with E-state index < -0.39 is 24.4 Å². The number of carboxylic acid groups (broad SMARTS) is 1. The molecule has 108 valence electrons. The first-order valence-electron chi connectivity index (χ1n) is 5.93. The molecular weight excluding hydrogens is 279 g/mol. The first-order valence-corrected chi connectivity index (χ1v) is 5.93. The summed E-state index contributed by atoms with van der Waals surface area (Å²) in [5.41, 5.74) is 0.167. The van der Waals surface area contributed by atoms with Crippen LogP contribution >= 0.6 is 0 Å². The number of hydrogen-bond donors (Lipinski definition) is 2. The van der Waals surface area contributed by atoms with Gasteiger partial charge in [-0.15, -0.1) is 0 Å². The fourth-order valence-electron chi connectivity index (χ4n) is 1.56. The number of hydrogen-bond acceptors (Lipinski definition) is 4. The molecule has 6 nitrogen and oxygen atoms in total. The van der Waals surface area contributed by atoms with Crippen molar-refractivity contribution in [2.24, 2.45) is 0 Å². The lowest BCUT2D eigenvalue weighted by Gasteiger charge is -2.08. The van der Waals surface area contributed by atoms with Crippen LogP contribution in [-0.2, 0) is 4.79 Å². The van der Waals surface area contributed by atoms with Crippen LogP contribution in [0.2, 0.25) is 0 Å². The summed E-state index contributed by atoms with van der Waals surface area (Å²) >= 11 is 0. The average molecular weight is 290 g/mol. The summed E-state index contributed by atoms with van der Waals surface area (Å²) in [5.74, 6) is -2.35. The van der Waals surface area contributed by atoms with E-state index >= 15 is 0 Å². The summed E-state index contributed by atoms with van der Waals surface area (Å²) in [6.45, 7) is -0.491. The van der Waals surface area contributed by atoms with Crippen LogP contribution in [0.4, 0.5) is 10.1 Å². The van der Waals surface area contributed by atoms with Gasteiger partial charge in [0.25, 0.3) is 5.91 Å². The van der Waals surface area contributed by atoms with E-state index in [1.54, 1.807) is 18.2 Å². The Morgan fingerprint density at radius 1 is 1.29 bits per heavy atom. The highest BCUT2D eigenvalue weighted by Gasteiger charge is 2.12. The molecule has 1 heterocycles. The molecule has 0 bridgehead atoms. The normalized spacial score (nSPS) is 9.95. The van der Waals surface area contributed by atoms with E-state index in [9.17, 15) is 14.0 Å². The van der Waals surface area contributed by atoms with Crippen molar-refractivity contribution in [1.29, 1.82) is 0 Å². The highest BCUT2D eigenvalue weighted by molar-refractivity contribution is 6.04. The maximum Gasteiger partial charge on any atom is 0.341 e. The highest BCUT2D eigenvalue weighted by atomic mass is 19.1. The molecule has 0 spiro atoms. The van der Waals surface area contributed by atoms with Crippen molar-refractivity contribution in [2.75, 3.05) is 11.9 Å². The number of amides is 1. The number of nitrogens with zero attached hydrogens (tertiary/aromatic N) is 1. The maximum atomic E-state index is 13.4. The van der Waals surface area contributed by atoms with E-state index in [1.807, 2.05) is 0 Å². The molecule has 7 heteroatoms. The van der Waals surface area contributed by atoms with Crippen molar-refractivity contribution in [2.45, 2.75) is 0 Å². The lowest BCUT2D eigenvalue weighted by atomic mass is 10.2. The van der Waals surface area contributed by atoms with Crippen LogP contribution in [0.25, 0.3) is 0 Å². The van der Waals surface area contributed by atoms with Crippen molar-refractivity contribution >= 4 is 17.6 Å². The van der Waals surface area contributed by atoms with Crippen molar-refractivity contribution in [3.63, 3.8) is 0 Å². The zero-order valence-corrected chi connectivity index (χ0v) is 10.7. The van der Waals surface area contributed by atoms with Gasteiger partial charge in [-0.05, 0) is 24.3 Å². The van der Waals surface area contributed by atoms with Crippen molar-refractivity contribution in [1.82, 2.24) is 4.98 Å². The first kappa shape index (κ1) is 14.4. The van der Waals surface area contributed by atoms with Crippen molar-refractivity contribution < 1.29 is 23.8 Å². The second kappa shape index (κ2) is 6.47. The molecule has 2 aromatic rings. The fourth-order valence-corrected chi connectivity index (χ4v) is 1.56. The van der Waals surface area contributed by atoms with Gasteiger partial charge < -0.3 is 15.2 Å². The number of carbonyl (C=O) groups excluding carboxylic acids is 1. The van der Waals surface area contributed by atoms with Crippen LogP contribution in [0.1, 0.15) is 10.4 Å². The van der Waals surface area contributed by atoms with E-state index in [-0.39, 0.29) is 11.3 Å².